The summed E-state index contributed by atoms with van der Waals surface area (Å²) in [4.78, 5) is 32.9. The smallest absolute Gasteiger partial charge is 0.314 e. The summed E-state index contributed by atoms with van der Waals surface area (Å²) in [7, 11) is 4.46. The number of amides is 4. The Labute approximate surface area is 246 Å². The van der Waals surface area contributed by atoms with Crippen molar-refractivity contribution in [2.45, 2.75) is 142 Å². The summed E-state index contributed by atoms with van der Waals surface area (Å²) in [6.45, 7) is 21.4. The molecule has 8 nitrogen and oxygen atoms in total. The molecule has 0 aliphatic carbocycles. The van der Waals surface area contributed by atoms with Crippen LogP contribution in [-0.2, 0) is 0 Å². The molecule has 2 aliphatic heterocycles. The van der Waals surface area contributed by atoms with Gasteiger partial charge in [0.05, 0.1) is 0 Å². The molecule has 0 aromatic rings. The van der Waals surface area contributed by atoms with E-state index in [9.17, 15) is 9.59 Å². The first kappa shape index (κ1) is 34.7. The van der Waals surface area contributed by atoms with Crippen LogP contribution in [0.25, 0.3) is 0 Å². The Morgan fingerprint density at radius 3 is 1.10 bits per heavy atom. The number of unbranched alkanes of at least 4 members (excludes halogenated alkanes) is 3. The van der Waals surface area contributed by atoms with Gasteiger partial charge in [-0.25, -0.2) is 9.59 Å². The van der Waals surface area contributed by atoms with E-state index < -0.39 is 0 Å². The molecule has 40 heavy (non-hydrogen) atoms. The van der Waals surface area contributed by atoms with Crippen molar-refractivity contribution < 1.29 is 9.59 Å². The van der Waals surface area contributed by atoms with Gasteiger partial charge >= 0.3 is 12.1 Å². The summed E-state index contributed by atoms with van der Waals surface area (Å²) in [5.74, 6) is 1.18. The molecule has 0 bridgehead atoms. The molecular weight excluding hydrogens is 500 g/mol. The first-order valence-corrected chi connectivity index (χ1v) is 15.9. The molecule has 4 N–H and O–H groups in total. The monoisotopic (exact) mass is 565 g/mol. The van der Waals surface area contributed by atoms with Gasteiger partial charge in [-0.2, -0.15) is 0 Å². The molecule has 8 heteroatoms. The number of carbonyl (C=O) groups is 2. The Morgan fingerprint density at radius 2 is 0.850 bits per heavy atom. The fraction of sp³-hybridized carbons (Fsp3) is 0.938. The number of urea groups is 2. The van der Waals surface area contributed by atoms with Crippen molar-refractivity contribution in [3.63, 3.8) is 0 Å². The topological polar surface area (TPSA) is 99.1 Å². The summed E-state index contributed by atoms with van der Waals surface area (Å²) in [6.07, 6.45) is 10.5. The number of hydrogen-bond donors (Lipinski definition) is 2. The molecule has 0 saturated carbocycles. The van der Waals surface area contributed by atoms with Crippen molar-refractivity contribution in [2.75, 3.05) is 40.3 Å². The summed E-state index contributed by atoms with van der Waals surface area (Å²) < 4.78 is 0. The number of nitrogens with two attached hydrogens (primary N) is 2. The second-order valence-electron chi connectivity index (χ2n) is 15.6. The molecule has 2 aliphatic rings. The number of rotatable bonds is 13. The molecule has 234 valence electrons. The van der Waals surface area contributed by atoms with Crippen LogP contribution in [0.3, 0.4) is 0 Å². The minimum atomic E-state index is -0.313. The number of primary amides is 2. The van der Waals surface area contributed by atoms with E-state index in [4.69, 9.17) is 11.5 Å². The van der Waals surface area contributed by atoms with Crippen LogP contribution in [0.15, 0.2) is 0 Å². The van der Waals surface area contributed by atoms with Crippen molar-refractivity contribution in [1.82, 2.24) is 19.6 Å². The van der Waals surface area contributed by atoms with Gasteiger partial charge in [0.15, 0.2) is 0 Å². The maximum Gasteiger partial charge on any atom is 0.314 e. The highest BCUT2D eigenvalue weighted by Crippen LogP contribution is 2.42. The van der Waals surface area contributed by atoms with Crippen LogP contribution < -0.4 is 11.5 Å². The number of hydrogen-bond acceptors (Lipinski definition) is 4. The lowest BCUT2D eigenvalue weighted by atomic mass is 9.73. The SMILES string of the molecule is CN1C(C)(C)CC(CCN(CCCCCCN(CCC2CC(C)(C)N(C)C(C)(C)C2)C(N)=O)C(N)=O)CC1(C)C. The Bertz CT molecular complexity index is 735. The molecule has 0 radical (unpaired) electrons. The van der Waals surface area contributed by atoms with Gasteiger partial charge in [-0.1, -0.05) is 12.8 Å². The highest BCUT2D eigenvalue weighted by molar-refractivity contribution is 5.72. The number of likely N-dealkylation sites (tertiary alicyclic amines) is 2. The van der Waals surface area contributed by atoms with E-state index >= 15 is 0 Å². The average Bonchev–Trinajstić information content (AvgIpc) is 2.80. The largest absolute Gasteiger partial charge is 0.351 e. The zero-order valence-corrected chi connectivity index (χ0v) is 27.8. The minimum Gasteiger partial charge on any atom is -0.351 e. The van der Waals surface area contributed by atoms with E-state index in [0.29, 0.717) is 24.9 Å². The summed E-state index contributed by atoms with van der Waals surface area (Å²) in [6, 6.07) is -0.627. The fourth-order valence-electron chi connectivity index (χ4n) is 7.86. The zero-order valence-electron chi connectivity index (χ0n) is 27.8. The number of nitrogens with zero attached hydrogens (tertiary/aromatic N) is 4. The maximum atomic E-state index is 12.1. The molecule has 0 unspecified atom stereocenters. The van der Waals surface area contributed by atoms with E-state index in [0.717, 1.165) is 77.3 Å². The van der Waals surface area contributed by atoms with Crippen molar-refractivity contribution in [1.29, 1.82) is 0 Å². The van der Waals surface area contributed by atoms with E-state index in [1.54, 1.807) is 0 Å². The van der Waals surface area contributed by atoms with Crippen LogP contribution in [0, 0.1) is 11.8 Å². The lowest BCUT2D eigenvalue weighted by Crippen LogP contribution is -2.58. The van der Waals surface area contributed by atoms with Gasteiger partial charge in [-0.05, 0) is 133 Å². The summed E-state index contributed by atoms with van der Waals surface area (Å²) >= 11 is 0. The van der Waals surface area contributed by atoms with Gasteiger partial charge < -0.3 is 21.3 Å². The van der Waals surface area contributed by atoms with Crippen LogP contribution in [-0.4, -0.2) is 94.1 Å². The third-order valence-corrected chi connectivity index (χ3v) is 10.6. The summed E-state index contributed by atoms with van der Waals surface area (Å²) in [5, 5.41) is 0. The van der Waals surface area contributed by atoms with Gasteiger partial charge in [0.25, 0.3) is 0 Å². The molecule has 0 aromatic heterocycles. The summed E-state index contributed by atoms with van der Waals surface area (Å²) in [5.41, 5.74) is 12.1. The van der Waals surface area contributed by atoms with E-state index in [-0.39, 0.29) is 34.2 Å². The lowest BCUT2D eigenvalue weighted by molar-refractivity contribution is -0.0330. The van der Waals surface area contributed by atoms with Crippen molar-refractivity contribution >= 4 is 12.1 Å². The third kappa shape index (κ3) is 9.50. The van der Waals surface area contributed by atoms with E-state index in [1.807, 2.05) is 9.80 Å². The molecule has 0 aromatic carbocycles. The second-order valence-corrected chi connectivity index (χ2v) is 15.6. The molecule has 2 saturated heterocycles. The predicted octanol–water partition coefficient (Wildman–Crippen LogP) is 5.89. The van der Waals surface area contributed by atoms with E-state index in [1.165, 1.54) is 0 Å². The normalized spacial score (nSPS) is 23.1. The molecule has 2 heterocycles. The minimum absolute atomic E-state index is 0.156. The van der Waals surface area contributed by atoms with Crippen LogP contribution in [0.4, 0.5) is 9.59 Å². The Hall–Kier alpha value is -1.54. The van der Waals surface area contributed by atoms with Crippen LogP contribution >= 0.6 is 0 Å². The number of piperidine rings is 2. The zero-order chi connectivity index (χ0) is 30.5. The standard InChI is InChI=1S/C32H64N6O2/c1-29(2)21-25(22-30(3,4)35(29)9)15-19-37(27(33)39)17-13-11-12-14-18-38(28(34)40)20-16-26-23-31(5,6)36(10)32(7,8)24-26/h25-26H,11-24H2,1-10H3,(H2,33,39)(H2,34,40). The predicted molar refractivity (Wildman–Crippen MR) is 167 cm³/mol. The third-order valence-electron chi connectivity index (χ3n) is 10.6. The Balaban J connectivity index is 1.72. The molecule has 4 amide bonds. The quantitative estimate of drug-likeness (QED) is 0.273. The molecule has 2 fully saturated rings. The van der Waals surface area contributed by atoms with Gasteiger partial charge in [0.1, 0.15) is 0 Å². The van der Waals surface area contributed by atoms with Crippen molar-refractivity contribution in [2.24, 2.45) is 23.3 Å². The van der Waals surface area contributed by atoms with Crippen LogP contribution in [0.1, 0.15) is 120 Å². The van der Waals surface area contributed by atoms with Crippen molar-refractivity contribution in [3.05, 3.63) is 0 Å². The fourth-order valence-corrected chi connectivity index (χ4v) is 7.86. The molecule has 2 rings (SSSR count). The lowest BCUT2D eigenvalue weighted by Gasteiger charge is -2.54. The number of carbonyl (C=O) groups excluding carboxylic acids is 2. The van der Waals surface area contributed by atoms with Crippen LogP contribution in [0.2, 0.25) is 0 Å². The van der Waals surface area contributed by atoms with Gasteiger partial charge in [-0.3, -0.25) is 9.80 Å². The van der Waals surface area contributed by atoms with Gasteiger partial charge in [0.2, 0.25) is 0 Å². The molecular formula is C32H64N6O2. The first-order chi connectivity index (χ1) is 18.3. The van der Waals surface area contributed by atoms with Gasteiger partial charge in [-0.15, -0.1) is 0 Å². The maximum absolute atomic E-state index is 12.1. The van der Waals surface area contributed by atoms with Crippen LogP contribution in [0.5, 0.6) is 0 Å². The van der Waals surface area contributed by atoms with E-state index in [2.05, 4.69) is 79.3 Å². The average molecular weight is 565 g/mol. The highest BCUT2D eigenvalue weighted by atomic mass is 16.2. The van der Waals surface area contributed by atoms with Gasteiger partial charge in [0, 0.05) is 48.3 Å². The molecule has 0 atom stereocenters. The Morgan fingerprint density at radius 1 is 0.575 bits per heavy atom. The van der Waals surface area contributed by atoms with Crippen molar-refractivity contribution in [3.8, 4) is 0 Å². The first-order valence-electron chi connectivity index (χ1n) is 15.9. The molecule has 0 spiro atoms. The highest BCUT2D eigenvalue weighted by Gasteiger charge is 2.43. The Kier molecular flexibility index (Phi) is 11.8. The second kappa shape index (κ2) is 13.6.